The van der Waals surface area contributed by atoms with Gasteiger partial charge >= 0.3 is 0 Å². The molecule has 1 atom stereocenters. The van der Waals surface area contributed by atoms with Crippen LogP contribution in [0.2, 0.25) is 0 Å². The fraction of sp³-hybridized carbons (Fsp3) is 0.633. The molecule has 1 aromatic heterocycles. The number of rotatable bonds is 6. The Kier molecular flexibility index (Phi) is 7.17. The van der Waals surface area contributed by atoms with Crippen molar-refractivity contribution >= 4 is 11.7 Å². The van der Waals surface area contributed by atoms with Crippen LogP contribution in [0.4, 0.5) is 5.82 Å². The van der Waals surface area contributed by atoms with Crippen molar-refractivity contribution in [1.29, 1.82) is 0 Å². The molecule has 4 aliphatic rings. The highest BCUT2D eigenvalue weighted by molar-refractivity contribution is 5.95. The minimum Gasteiger partial charge on any atom is -0.383 e. The van der Waals surface area contributed by atoms with Crippen LogP contribution in [0.5, 0.6) is 0 Å². The number of carbonyl (C=O) groups is 1. The molecule has 2 aromatic rings. The number of aromatic nitrogens is 2. The first-order valence-electron chi connectivity index (χ1n) is 14.4. The Morgan fingerprint density at radius 2 is 1.62 bits per heavy atom. The molecule has 4 fully saturated rings. The summed E-state index contributed by atoms with van der Waals surface area (Å²) < 4.78 is 5.30. The number of hydrogen-bond acceptors (Lipinski definition) is 6. The van der Waals surface area contributed by atoms with Crippen LogP contribution in [0.3, 0.4) is 0 Å². The lowest BCUT2D eigenvalue weighted by molar-refractivity contribution is 0.0305. The van der Waals surface area contributed by atoms with Crippen molar-refractivity contribution in [2.75, 3.05) is 51.3 Å². The Labute approximate surface area is 221 Å². The molecule has 6 rings (SSSR count). The lowest BCUT2D eigenvalue weighted by Crippen LogP contribution is -2.51. The topological polar surface area (TPSA) is 61.8 Å². The quantitative estimate of drug-likeness (QED) is 0.573. The van der Waals surface area contributed by atoms with E-state index in [9.17, 15) is 4.79 Å². The van der Waals surface area contributed by atoms with Crippen LogP contribution in [0.1, 0.15) is 68.1 Å². The monoisotopic (exact) mass is 503 g/mol. The largest absolute Gasteiger partial charge is 0.383 e. The molecular weight excluding hydrogens is 462 g/mol. The Morgan fingerprint density at radius 1 is 0.892 bits per heavy atom. The first-order valence-corrected chi connectivity index (χ1v) is 14.4. The average molecular weight is 504 g/mol. The lowest BCUT2D eigenvalue weighted by Gasteiger charge is -2.50. The van der Waals surface area contributed by atoms with Gasteiger partial charge in [0.1, 0.15) is 0 Å². The highest BCUT2D eigenvalue weighted by Crippen LogP contribution is 2.43. The second-order valence-corrected chi connectivity index (χ2v) is 11.7. The number of amides is 1. The van der Waals surface area contributed by atoms with Gasteiger partial charge in [0, 0.05) is 43.9 Å². The van der Waals surface area contributed by atoms with Gasteiger partial charge in [-0.05, 0) is 94.1 Å². The smallest absolute Gasteiger partial charge is 0.254 e. The van der Waals surface area contributed by atoms with E-state index in [1.807, 2.05) is 29.2 Å². The Balaban J connectivity index is 1.04. The minimum absolute atomic E-state index is 0.0871. The molecule has 1 amide bonds. The van der Waals surface area contributed by atoms with Crippen LogP contribution in [0.15, 0.2) is 36.4 Å². The fourth-order valence-electron chi connectivity index (χ4n) is 6.89. The number of hydrogen-bond donors (Lipinski definition) is 0. The van der Waals surface area contributed by atoms with Gasteiger partial charge in [-0.25, -0.2) is 0 Å². The van der Waals surface area contributed by atoms with Gasteiger partial charge in [-0.3, -0.25) is 4.79 Å². The second kappa shape index (κ2) is 10.7. The number of benzene rings is 1. The molecule has 198 valence electrons. The molecule has 1 spiro atoms. The Morgan fingerprint density at radius 3 is 2.24 bits per heavy atom. The third-order valence-corrected chi connectivity index (χ3v) is 9.67. The highest BCUT2D eigenvalue weighted by Gasteiger charge is 2.40. The van der Waals surface area contributed by atoms with Crippen molar-refractivity contribution in [1.82, 2.24) is 20.0 Å². The van der Waals surface area contributed by atoms with Gasteiger partial charge in [0.2, 0.25) is 0 Å². The molecule has 1 saturated carbocycles. The molecule has 1 aromatic carbocycles. The number of anilines is 1. The highest BCUT2D eigenvalue weighted by atomic mass is 16.5. The predicted molar refractivity (Wildman–Crippen MR) is 146 cm³/mol. The zero-order valence-corrected chi connectivity index (χ0v) is 22.3. The van der Waals surface area contributed by atoms with Gasteiger partial charge in [-0.15, -0.1) is 10.2 Å². The Bertz CT molecular complexity index is 1050. The first kappa shape index (κ1) is 24.8. The summed E-state index contributed by atoms with van der Waals surface area (Å²) in [5.74, 6) is 1.07. The van der Waals surface area contributed by atoms with Gasteiger partial charge < -0.3 is 19.4 Å². The van der Waals surface area contributed by atoms with Gasteiger partial charge in [0.05, 0.1) is 18.3 Å². The van der Waals surface area contributed by atoms with E-state index in [1.165, 1.54) is 58.0 Å². The second-order valence-electron chi connectivity index (χ2n) is 11.7. The van der Waals surface area contributed by atoms with Crippen molar-refractivity contribution in [3.05, 3.63) is 42.0 Å². The van der Waals surface area contributed by atoms with Crippen LogP contribution in [0, 0.1) is 5.41 Å². The van der Waals surface area contributed by atoms with Crippen LogP contribution in [-0.2, 0) is 4.74 Å². The molecule has 0 radical (unpaired) electrons. The number of carbonyl (C=O) groups excluding carboxylic acids is 1. The standard InChI is InChI=1S/C30H41N5O2/c1-37-22-26-6-3-17-35(26)29(36)24-9-7-23(8-10-24)27-11-12-28(32-31-27)34-20-15-30(16-21-34)13-18-33(19-14-30)25-4-2-5-25/h7-12,25-26H,2-6,13-22H2,1H3/t26-/m1/s1. The van der Waals surface area contributed by atoms with Crippen LogP contribution in [-0.4, -0.2) is 84.4 Å². The maximum atomic E-state index is 13.0. The maximum Gasteiger partial charge on any atom is 0.254 e. The zero-order chi connectivity index (χ0) is 25.2. The average Bonchev–Trinajstić information content (AvgIpc) is 3.38. The number of nitrogens with zero attached hydrogens (tertiary/aromatic N) is 5. The van der Waals surface area contributed by atoms with E-state index in [0.717, 1.165) is 61.2 Å². The molecule has 0 bridgehead atoms. The minimum atomic E-state index is 0.0871. The summed E-state index contributed by atoms with van der Waals surface area (Å²) in [6.07, 6.45) is 11.6. The molecule has 4 heterocycles. The molecule has 0 unspecified atom stereocenters. The van der Waals surface area contributed by atoms with Gasteiger partial charge in [0.25, 0.3) is 5.91 Å². The van der Waals surface area contributed by atoms with Crippen LogP contribution >= 0.6 is 0 Å². The first-order chi connectivity index (χ1) is 18.1. The molecule has 7 heteroatoms. The van der Waals surface area contributed by atoms with Crippen molar-refractivity contribution in [2.45, 2.75) is 69.9 Å². The zero-order valence-electron chi connectivity index (χ0n) is 22.3. The summed E-state index contributed by atoms with van der Waals surface area (Å²) in [6, 6.07) is 13.0. The SMILES string of the molecule is COC[C@H]1CCCN1C(=O)c1ccc(-c2ccc(N3CCC4(CC3)CCN(C3CCC3)CC4)nn2)cc1. The summed E-state index contributed by atoms with van der Waals surface area (Å²) in [4.78, 5) is 20.1. The molecule has 7 nitrogen and oxygen atoms in total. The molecule has 3 saturated heterocycles. The van der Waals surface area contributed by atoms with Crippen LogP contribution in [0.25, 0.3) is 11.3 Å². The normalized spacial score (nSPS) is 24.4. The predicted octanol–water partition coefficient (Wildman–Crippen LogP) is 4.63. The van der Waals surface area contributed by atoms with E-state index >= 15 is 0 Å². The fourth-order valence-corrected chi connectivity index (χ4v) is 6.89. The third-order valence-electron chi connectivity index (χ3n) is 9.67. The molecule has 0 N–H and O–H groups in total. The summed E-state index contributed by atoms with van der Waals surface area (Å²) in [7, 11) is 1.70. The Hall–Kier alpha value is -2.51. The number of ether oxygens (including phenoxy) is 1. The number of methoxy groups -OCH3 is 1. The van der Waals surface area contributed by atoms with E-state index in [1.54, 1.807) is 7.11 Å². The van der Waals surface area contributed by atoms with Gasteiger partial charge in [-0.1, -0.05) is 18.6 Å². The number of piperidine rings is 2. The van der Waals surface area contributed by atoms with E-state index in [0.29, 0.717) is 12.0 Å². The summed E-state index contributed by atoms with van der Waals surface area (Å²) in [5.41, 5.74) is 3.10. The summed E-state index contributed by atoms with van der Waals surface area (Å²) >= 11 is 0. The number of likely N-dealkylation sites (tertiary alicyclic amines) is 2. The van der Waals surface area contributed by atoms with Crippen molar-refractivity contribution in [3.63, 3.8) is 0 Å². The van der Waals surface area contributed by atoms with E-state index < -0.39 is 0 Å². The van der Waals surface area contributed by atoms with Gasteiger partial charge in [0.15, 0.2) is 5.82 Å². The van der Waals surface area contributed by atoms with Crippen LogP contribution < -0.4 is 4.90 Å². The van der Waals surface area contributed by atoms with Crippen molar-refractivity contribution < 1.29 is 9.53 Å². The van der Waals surface area contributed by atoms with E-state index in [2.05, 4.69) is 32.1 Å². The lowest BCUT2D eigenvalue weighted by atomic mass is 9.70. The molecular formula is C30H41N5O2. The van der Waals surface area contributed by atoms with Crippen molar-refractivity contribution in [3.8, 4) is 11.3 Å². The molecule has 1 aliphatic carbocycles. The van der Waals surface area contributed by atoms with E-state index in [4.69, 9.17) is 4.74 Å². The third kappa shape index (κ3) is 5.13. The molecule has 37 heavy (non-hydrogen) atoms. The van der Waals surface area contributed by atoms with Crippen molar-refractivity contribution in [2.24, 2.45) is 5.41 Å². The van der Waals surface area contributed by atoms with E-state index in [-0.39, 0.29) is 11.9 Å². The maximum absolute atomic E-state index is 13.0. The van der Waals surface area contributed by atoms with Gasteiger partial charge in [-0.2, -0.15) is 0 Å². The molecule has 3 aliphatic heterocycles. The summed E-state index contributed by atoms with van der Waals surface area (Å²) in [6.45, 7) is 6.16. The summed E-state index contributed by atoms with van der Waals surface area (Å²) in [5, 5.41) is 9.15.